The zero-order valence-electron chi connectivity index (χ0n) is 11.0. The van der Waals surface area contributed by atoms with Crippen LogP contribution in [0, 0.1) is 0 Å². The molecule has 0 aliphatic heterocycles. The van der Waals surface area contributed by atoms with Crippen LogP contribution < -0.4 is 11.3 Å². The Kier molecular flexibility index (Phi) is 2.05. The highest BCUT2D eigenvalue weighted by atomic mass is 16.1. The van der Waals surface area contributed by atoms with Gasteiger partial charge in [0.2, 0.25) is 0 Å². The quantitative estimate of drug-likeness (QED) is 0.518. The van der Waals surface area contributed by atoms with Crippen molar-refractivity contribution in [2.24, 2.45) is 12.8 Å². The first-order chi connectivity index (χ1) is 10.1. The number of nitrogens with one attached hydrogen (secondary N) is 1. The zero-order valence-corrected chi connectivity index (χ0v) is 11.0. The smallest absolute Gasteiger partial charge is 0.297 e. The van der Waals surface area contributed by atoms with Gasteiger partial charge in [-0.2, -0.15) is 4.98 Å². The van der Waals surface area contributed by atoms with Crippen LogP contribution in [0.4, 0.5) is 0 Å². The van der Waals surface area contributed by atoms with Crippen molar-refractivity contribution >= 4 is 33.5 Å². The van der Waals surface area contributed by atoms with Crippen molar-refractivity contribution in [2.75, 3.05) is 0 Å². The summed E-state index contributed by atoms with van der Waals surface area (Å²) in [5.41, 5.74) is 6.87. The second-order valence-electron chi connectivity index (χ2n) is 4.77. The molecule has 0 aliphatic rings. The first-order valence-electron chi connectivity index (χ1n) is 6.23. The molecule has 8 nitrogen and oxygen atoms in total. The lowest BCUT2D eigenvalue weighted by molar-refractivity contribution is 0.0997. The SMILES string of the molecule is Cn1c2ccccc2c2c1c(=O)nc1c(C(N)=O)n[nH]n12. The third kappa shape index (κ3) is 1.33. The van der Waals surface area contributed by atoms with Crippen LogP contribution in [0.2, 0.25) is 0 Å². The molecule has 0 aliphatic carbocycles. The Bertz CT molecular complexity index is 1100. The van der Waals surface area contributed by atoms with E-state index in [1.807, 2.05) is 24.3 Å². The van der Waals surface area contributed by atoms with Gasteiger partial charge >= 0.3 is 0 Å². The molecule has 3 aromatic heterocycles. The van der Waals surface area contributed by atoms with Crippen molar-refractivity contribution in [3.63, 3.8) is 0 Å². The standard InChI is InChI=1S/C13H10N6O2/c1-18-7-5-3-2-4-6(7)9-10(18)13(21)15-12-8(11(14)20)16-17-19(9)12/h2-5,17H,1H3,(H2,14,20). The van der Waals surface area contributed by atoms with E-state index in [1.165, 1.54) is 4.52 Å². The lowest BCUT2D eigenvalue weighted by Crippen LogP contribution is -2.16. The first kappa shape index (κ1) is 11.6. The van der Waals surface area contributed by atoms with Gasteiger partial charge in [0.25, 0.3) is 11.5 Å². The highest BCUT2D eigenvalue weighted by molar-refractivity contribution is 6.07. The molecular formula is C13H10N6O2. The number of amides is 1. The zero-order chi connectivity index (χ0) is 14.7. The number of hydrogen-bond acceptors (Lipinski definition) is 4. The van der Waals surface area contributed by atoms with Crippen LogP contribution >= 0.6 is 0 Å². The largest absolute Gasteiger partial charge is 0.364 e. The Labute approximate surface area is 116 Å². The Morgan fingerprint density at radius 2 is 2.05 bits per heavy atom. The highest BCUT2D eigenvalue weighted by Gasteiger charge is 2.20. The molecule has 1 amide bonds. The Morgan fingerprint density at radius 3 is 2.81 bits per heavy atom. The number of carbonyl (C=O) groups is 1. The predicted molar refractivity (Wildman–Crippen MR) is 76.1 cm³/mol. The van der Waals surface area contributed by atoms with Crippen molar-refractivity contribution in [3.8, 4) is 0 Å². The molecule has 4 aromatic rings. The number of H-pyrrole nitrogens is 1. The number of benzene rings is 1. The first-order valence-corrected chi connectivity index (χ1v) is 6.23. The predicted octanol–water partition coefficient (Wildman–Crippen LogP) is 0.161. The van der Waals surface area contributed by atoms with Gasteiger partial charge in [-0.05, 0) is 6.07 Å². The molecule has 0 spiro atoms. The highest BCUT2D eigenvalue weighted by Crippen LogP contribution is 2.25. The minimum atomic E-state index is -0.736. The van der Waals surface area contributed by atoms with E-state index in [2.05, 4.69) is 15.3 Å². The van der Waals surface area contributed by atoms with E-state index in [-0.39, 0.29) is 11.3 Å². The fourth-order valence-electron chi connectivity index (χ4n) is 2.72. The maximum Gasteiger partial charge on any atom is 0.297 e. The van der Waals surface area contributed by atoms with Crippen molar-refractivity contribution in [3.05, 3.63) is 40.3 Å². The van der Waals surface area contributed by atoms with Crippen LogP contribution in [0.3, 0.4) is 0 Å². The van der Waals surface area contributed by atoms with Crippen LogP contribution in [0.1, 0.15) is 10.5 Å². The third-order valence-corrected chi connectivity index (χ3v) is 3.63. The summed E-state index contributed by atoms with van der Waals surface area (Å²) in [5, 5.41) is 7.42. The average Bonchev–Trinajstić information content (AvgIpc) is 3.00. The fourth-order valence-corrected chi connectivity index (χ4v) is 2.72. The molecule has 0 saturated carbocycles. The van der Waals surface area contributed by atoms with Gasteiger partial charge in [0.05, 0.1) is 5.52 Å². The number of hydrogen-bond donors (Lipinski definition) is 2. The normalized spacial score (nSPS) is 11.7. The van der Waals surface area contributed by atoms with Crippen molar-refractivity contribution in [1.82, 2.24) is 24.4 Å². The molecule has 0 unspecified atom stereocenters. The van der Waals surface area contributed by atoms with E-state index >= 15 is 0 Å². The number of rotatable bonds is 1. The summed E-state index contributed by atoms with van der Waals surface area (Å²) >= 11 is 0. The number of aromatic amines is 1. The van der Waals surface area contributed by atoms with Gasteiger partial charge in [-0.1, -0.05) is 18.2 Å². The summed E-state index contributed by atoms with van der Waals surface area (Å²) in [5.74, 6) is -0.736. The summed E-state index contributed by atoms with van der Waals surface area (Å²) in [4.78, 5) is 27.6. The van der Waals surface area contributed by atoms with E-state index in [1.54, 1.807) is 11.6 Å². The number of para-hydroxylation sites is 1. The lowest BCUT2D eigenvalue weighted by Gasteiger charge is -1.97. The molecule has 21 heavy (non-hydrogen) atoms. The summed E-state index contributed by atoms with van der Waals surface area (Å²) in [6.07, 6.45) is 0. The second-order valence-corrected chi connectivity index (χ2v) is 4.77. The van der Waals surface area contributed by atoms with Crippen molar-refractivity contribution in [1.29, 1.82) is 0 Å². The third-order valence-electron chi connectivity index (χ3n) is 3.63. The Morgan fingerprint density at radius 1 is 1.29 bits per heavy atom. The average molecular weight is 282 g/mol. The van der Waals surface area contributed by atoms with E-state index in [4.69, 9.17) is 5.73 Å². The molecule has 0 bridgehead atoms. The minimum absolute atomic E-state index is 0.0538. The molecular weight excluding hydrogens is 272 g/mol. The number of aryl methyl sites for hydroxylation is 1. The molecule has 3 heterocycles. The van der Waals surface area contributed by atoms with E-state index in [0.29, 0.717) is 11.0 Å². The van der Waals surface area contributed by atoms with Gasteiger partial charge in [0.1, 0.15) is 11.0 Å². The Balaban J connectivity index is 2.38. The van der Waals surface area contributed by atoms with Crippen LogP contribution in [0.25, 0.3) is 27.6 Å². The molecule has 104 valence electrons. The molecule has 4 rings (SSSR count). The number of nitrogens with zero attached hydrogens (tertiary/aromatic N) is 4. The lowest BCUT2D eigenvalue weighted by atomic mass is 10.2. The fraction of sp³-hybridized carbons (Fsp3) is 0.0769. The van der Waals surface area contributed by atoms with Gasteiger partial charge in [0, 0.05) is 12.4 Å². The molecule has 0 saturated heterocycles. The monoisotopic (exact) mass is 282 g/mol. The van der Waals surface area contributed by atoms with Gasteiger partial charge in [-0.3, -0.25) is 9.59 Å². The van der Waals surface area contributed by atoms with Gasteiger partial charge < -0.3 is 10.3 Å². The molecule has 0 fully saturated rings. The maximum absolute atomic E-state index is 12.3. The van der Waals surface area contributed by atoms with Gasteiger partial charge in [-0.25, -0.2) is 9.73 Å². The minimum Gasteiger partial charge on any atom is -0.364 e. The van der Waals surface area contributed by atoms with Gasteiger partial charge in [-0.15, -0.1) is 5.10 Å². The summed E-state index contributed by atoms with van der Waals surface area (Å²) in [6.45, 7) is 0. The van der Waals surface area contributed by atoms with E-state index in [0.717, 1.165) is 10.9 Å². The van der Waals surface area contributed by atoms with Crippen LogP contribution in [0.5, 0.6) is 0 Å². The second kappa shape index (κ2) is 3.69. The molecule has 3 N–H and O–H groups in total. The van der Waals surface area contributed by atoms with Crippen molar-refractivity contribution in [2.45, 2.75) is 0 Å². The molecule has 8 heteroatoms. The van der Waals surface area contributed by atoms with E-state index < -0.39 is 11.5 Å². The number of nitrogens with two attached hydrogens (primary N) is 1. The van der Waals surface area contributed by atoms with Crippen LogP contribution in [-0.2, 0) is 7.05 Å². The van der Waals surface area contributed by atoms with Crippen LogP contribution in [0.15, 0.2) is 29.1 Å². The molecule has 0 radical (unpaired) electrons. The molecule has 1 aromatic carbocycles. The van der Waals surface area contributed by atoms with E-state index in [9.17, 15) is 9.59 Å². The maximum atomic E-state index is 12.3. The number of aromatic nitrogens is 5. The topological polar surface area (TPSA) is 111 Å². The molecule has 0 atom stereocenters. The van der Waals surface area contributed by atoms with Crippen molar-refractivity contribution < 1.29 is 4.79 Å². The summed E-state index contributed by atoms with van der Waals surface area (Å²) < 4.78 is 3.29. The summed E-state index contributed by atoms with van der Waals surface area (Å²) in [7, 11) is 1.80. The van der Waals surface area contributed by atoms with Gasteiger partial charge in [0.15, 0.2) is 11.3 Å². The summed E-state index contributed by atoms with van der Waals surface area (Å²) in [6, 6.07) is 7.58. The number of carbonyl (C=O) groups excluding carboxylic acids is 1. The Hall–Kier alpha value is -3.16. The number of fused-ring (bicyclic) bond motifs is 5. The van der Waals surface area contributed by atoms with Crippen LogP contribution in [-0.4, -0.2) is 30.3 Å². The number of primary amides is 1.